The number of ether oxygens (including phenoxy) is 1. The van der Waals surface area contributed by atoms with Crippen LogP contribution in [0, 0.1) is 5.92 Å². The van der Waals surface area contributed by atoms with E-state index >= 15 is 0 Å². The van der Waals surface area contributed by atoms with Crippen LogP contribution in [0.25, 0.3) is 0 Å². The lowest BCUT2D eigenvalue weighted by atomic mass is 10.0. The second kappa shape index (κ2) is 14.3. The molecule has 11 nitrogen and oxygen atoms in total. The summed E-state index contributed by atoms with van der Waals surface area (Å²) in [5.74, 6) is -0.127. The van der Waals surface area contributed by atoms with Crippen molar-refractivity contribution in [3.05, 3.63) is 47.8 Å². The number of carbonyl (C=O) groups is 3. The van der Waals surface area contributed by atoms with Gasteiger partial charge >= 0.3 is 12.0 Å². The lowest BCUT2D eigenvalue weighted by Crippen LogP contribution is -2.46. The minimum absolute atomic E-state index is 0.170. The Morgan fingerprint density at radius 1 is 1.14 bits per heavy atom. The molecule has 0 unspecified atom stereocenters. The molecule has 3 atom stereocenters. The van der Waals surface area contributed by atoms with Crippen molar-refractivity contribution < 1.29 is 24.3 Å². The third kappa shape index (κ3) is 9.21. The number of thioether (sulfide) groups is 1. The average molecular weight is 507 g/mol. The van der Waals surface area contributed by atoms with Crippen LogP contribution in [0.3, 0.4) is 0 Å². The second-order valence-electron chi connectivity index (χ2n) is 8.55. The van der Waals surface area contributed by atoms with Crippen LogP contribution in [-0.4, -0.2) is 69.3 Å². The van der Waals surface area contributed by atoms with Crippen molar-refractivity contribution in [3.8, 4) is 0 Å². The number of nitrogens with one attached hydrogen (secondary N) is 3. The molecule has 3 amide bonds. The van der Waals surface area contributed by atoms with E-state index in [0.717, 1.165) is 5.56 Å². The van der Waals surface area contributed by atoms with Gasteiger partial charge in [0.15, 0.2) is 0 Å². The largest absolute Gasteiger partial charge is 0.467 e. The fourth-order valence-corrected chi connectivity index (χ4v) is 4.22. The van der Waals surface area contributed by atoms with E-state index < -0.39 is 24.1 Å². The van der Waals surface area contributed by atoms with Gasteiger partial charge in [-0.3, -0.25) is 10.0 Å². The number of esters is 1. The van der Waals surface area contributed by atoms with Crippen LogP contribution >= 0.6 is 11.8 Å². The lowest BCUT2D eigenvalue weighted by molar-refractivity contribution is -0.145. The van der Waals surface area contributed by atoms with Crippen LogP contribution < -0.4 is 16.1 Å². The number of hydrogen-bond donors (Lipinski definition) is 4. The van der Waals surface area contributed by atoms with Crippen LogP contribution in [-0.2, 0) is 27.2 Å². The molecule has 0 bridgehead atoms. The molecule has 4 N–H and O–H groups in total. The minimum Gasteiger partial charge on any atom is -0.467 e. The number of nitrogens with zero attached hydrogens (tertiary/aromatic N) is 3. The highest BCUT2D eigenvalue weighted by Crippen LogP contribution is 2.19. The van der Waals surface area contributed by atoms with E-state index in [1.165, 1.54) is 23.6 Å². The summed E-state index contributed by atoms with van der Waals surface area (Å²) in [6.45, 7) is 3.98. The molecule has 1 aromatic heterocycles. The van der Waals surface area contributed by atoms with Crippen LogP contribution in [0.15, 0.2) is 36.5 Å². The predicted molar refractivity (Wildman–Crippen MR) is 132 cm³/mol. The van der Waals surface area contributed by atoms with Crippen molar-refractivity contribution in [1.82, 2.24) is 31.1 Å². The predicted octanol–water partition coefficient (Wildman–Crippen LogP) is 1.73. The van der Waals surface area contributed by atoms with Gasteiger partial charge in [-0.1, -0.05) is 49.4 Å². The minimum atomic E-state index is -0.847. The topological polar surface area (TPSA) is 147 Å². The normalized spacial score (nSPS) is 13.5. The van der Waals surface area contributed by atoms with Gasteiger partial charge in [-0.05, 0) is 24.2 Å². The number of methoxy groups -OCH3 is 1. The quantitative estimate of drug-likeness (QED) is 0.182. The zero-order valence-electron chi connectivity index (χ0n) is 20.4. The fraction of sp³-hybridized carbons (Fsp3) is 0.522. The van der Waals surface area contributed by atoms with E-state index in [2.05, 4.69) is 20.9 Å². The molecular weight excluding hydrogens is 472 g/mol. The summed E-state index contributed by atoms with van der Waals surface area (Å²) in [7, 11) is 1.29. The number of urea groups is 1. The third-order valence-electron chi connectivity index (χ3n) is 5.22. The van der Waals surface area contributed by atoms with Crippen LogP contribution in [0.1, 0.15) is 37.6 Å². The third-order valence-corrected chi connectivity index (χ3v) is 5.96. The van der Waals surface area contributed by atoms with Gasteiger partial charge in [-0.2, -0.15) is 11.8 Å². The van der Waals surface area contributed by atoms with E-state index in [-0.39, 0.29) is 17.9 Å². The highest BCUT2D eigenvalue weighted by atomic mass is 32.2. The SMILES string of the molecule is COC(=O)[C@H](Cc1ccccc1)NC(=O)[C@H](CC(C)C)n1cc(C[C@@H](CSC)NC(=O)NO)nn1. The van der Waals surface area contributed by atoms with Gasteiger partial charge in [0.25, 0.3) is 0 Å². The van der Waals surface area contributed by atoms with Crippen molar-refractivity contribution >= 4 is 29.7 Å². The van der Waals surface area contributed by atoms with Crippen LogP contribution in [0.4, 0.5) is 4.79 Å². The number of amides is 3. The fourth-order valence-electron chi connectivity index (χ4n) is 3.62. The van der Waals surface area contributed by atoms with Crippen molar-refractivity contribution in [1.29, 1.82) is 0 Å². The monoisotopic (exact) mass is 506 g/mol. The zero-order chi connectivity index (χ0) is 25.8. The van der Waals surface area contributed by atoms with Crippen molar-refractivity contribution in [2.45, 2.75) is 51.2 Å². The average Bonchev–Trinajstić information content (AvgIpc) is 3.30. The Morgan fingerprint density at radius 2 is 1.86 bits per heavy atom. The van der Waals surface area contributed by atoms with Gasteiger partial charge < -0.3 is 15.4 Å². The van der Waals surface area contributed by atoms with E-state index in [0.29, 0.717) is 30.7 Å². The number of hydroxylamine groups is 1. The van der Waals surface area contributed by atoms with E-state index in [9.17, 15) is 14.4 Å². The first kappa shape index (κ1) is 28.1. The molecule has 0 spiro atoms. The highest BCUT2D eigenvalue weighted by molar-refractivity contribution is 7.98. The standard InChI is InChI=1S/C23H34N6O5S/c1-15(2)10-20(21(30)25-19(22(31)34-3)11-16-8-6-5-7-9-16)29-13-17(26-28-29)12-18(14-35-4)24-23(32)27-33/h5-9,13,15,18-20,33H,10-12,14H2,1-4H3,(H,25,30)(H2,24,27,32)/t18-,19-,20-/m0/s1. The second-order valence-corrected chi connectivity index (χ2v) is 9.46. The van der Waals surface area contributed by atoms with Gasteiger partial charge in [-0.25, -0.2) is 19.8 Å². The van der Waals surface area contributed by atoms with E-state index in [4.69, 9.17) is 9.94 Å². The van der Waals surface area contributed by atoms with E-state index in [1.54, 1.807) is 11.7 Å². The summed E-state index contributed by atoms with van der Waals surface area (Å²) in [6.07, 6.45) is 4.71. The number of rotatable bonds is 13. The van der Waals surface area contributed by atoms with Gasteiger partial charge in [0.1, 0.15) is 12.1 Å². The molecule has 0 fully saturated rings. The molecule has 1 aromatic carbocycles. The molecule has 35 heavy (non-hydrogen) atoms. The Balaban J connectivity index is 2.19. The Kier molecular flexibility index (Phi) is 11.5. The summed E-state index contributed by atoms with van der Waals surface area (Å²) in [4.78, 5) is 37.2. The molecule has 0 saturated carbocycles. The highest BCUT2D eigenvalue weighted by Gasteiger charge is 2.29. The van der Waals surface area contributed by atoms with Crippen LogP contribution in [0.2, 0.25) is 0 Å². The molecule has 1 heterocycles. The first-order chi connectivity index (χ1) is 16.8. The molecule has 2 aromatic rings. The Morgan fingerprint density at radius 3 is 2.46 bits per heavy atom. The van der Waals surface area contributed by atoms with Crippen molar-refractivity contribution in [2.75, 3.05) is 19.1 Å². The Hall–Kier alpha value is -3.12. The van der Waals surface area contributed by atoms with Gasteiger partial charge in [0, 0.05) is 30.8 Å². The first-order valence-electron chi connectivity index (χ1n) is 11.3. The molecule has 12 heteroatoms. The lowest BCUT2D eigenvalue weighted by Gasteiger charge is -2.22. The maximum Gasteiger partial charge on any atom is 0.338 e. The molecule has 0 radical (unpaired) electrons. The maximum absolute atomic E-state index is 13.3. The summed E-state index contributed by atoms with van der Waals surface area (Å²) in [6, 6.07) is 6.84. The summed E-state index contributed by atoms with van der Waals surface area (Å²) >= 11 is 1.53. The Labute approximate surface area is 209 Å². The molecule has 0 aliphatic carbocycles. The smallest absolute Gasteiger partial charge is 0.338 e. The van der Waals surface area contributed by atoms with Gasteiger partial charge in [0.05, 0.1) is 12.8 Å². The first-order valence-corrected chi connectivity index (χ1v) is 12.7. The number of hydrogen-bond acceptors (Lipinski definition) is 8. The molecule has 0 saturated heterocycles. The summed E-state index contributed by atoms with van der Waals surface area (Å²) < 4.78 is 6.41. The van der Waals surface area contributed by atoms with E-state index in [1.807, 2.05) is 50.4 Å². The molecule has 2 rings (SSSR count). The maximum atomic E-state index is 13.3. The molecule has 0 aliphatic heterocycles. The summed E-state index contributed by atoms with van der Waals surface area (Å²) in [5.41, 5.74) is 3.03. The number of carbonyl (C=O) groups excluding carboxylic acids is 3. The number of aromatic nitrogens is 3. The molecule has 0 aliphatic rings. The molecule has 192 valence electrons. The van der Waals surface area contributed by atoms with Crippen molar-refractivity contribution in [2.24, 2.45) is 5.92 Å². The van der Waals surface area contributed by atoms with Gasteiger partial charge in [0.2, 0.25) is 5.91 Å². The number of benzene rings is 1. The molecular formula is C23H34N6O5S. The van der Waals surface area contributed by atoms with Gasteiger partial charge in [-0.15, -0.1) is 5.10 Å². The van der Waals surface area contributed by atoms with Crippen molar-refractivity contribution in [3.63, 3.8) is 0 Å². The summed E-state index contributed by atoms with van der Waals surface area (Å²) in [5, 5.41) is 22.6. The Bertz CT molecular complexity index is 955. The zero-order valence-corrected chi connectivity index (χ0v) is 21.2. The van der Waals surface area contributed by atoms with Crippen LogP contribution in [0.5, 0.6) is 0 Å².